The van der Waals surface area contributed by atoms with E-state index >= 15 is 0 Å². The second kappa shape index (κ2) is 4.24. The van der Waals surface area contributed by atoms with Crippen LogP contribution in [0, 0.1) is 6.92 Å². The predicted molar refractivity (Wildman–Crippen MR) is 52.7 cm³/mol. The number of aryl methyl sites for hydroxylation is 1. The van der Waals surface area contributed by atoms with Crippen LogP contribution in [0.1, 0.15) is 22.8 Å². The predicted octanol–water partition coefficient (Wildman–Crippen LogP) is 2.30. The molecule has 1 rings (SSSR count). The molecule has 0 unspecified atom stereocenters. The minimum atomic E-state index is -0.634. The van der Waals surface area contributed by atoms with Crippen molar-refractivity contribution in [3.63, 3.8) is 0 Å². The topological polar surface area (TPSA) is 43.4 Å². The van der Waals surface area contributed by atoms with Crippen molar-refractivity contribution in [3.05, 3.63) is 29.3 Å². The minimum absolute atomic E-state index is 0.210. The average molecular weight is 213 g/mol. The van der Waals surface area contributed by atoms with Crippen molar-refractivity contribution < 1.29 is 14.3 Å². The number of hydrogen-bond donors (Lipinski definition) is 0. The van der Waals surface area contributed by atoms with Crippen LogP contribution >= 0.6 is 11.6 Å². The van der Waals surface area contributed by atoms with Gasteiger partial charge in [0.25, 0.3) is 5.24 Å². The van der Waals surface area contributed by atoms with E-state index in [0.29, 0.717) is 5.56 Å². The van der Waals surface area contributed by atoms with E-state index in [2.05, 4.69) is 0 Å². The zero-order valence-corrected chi connectivity index (χ0v) is 8.59. The van der Waals surface area contributed by atoms with Gasteiger partial charge in [-0.15, -0.1) is 0 Å². The molecule has 0 bridgehead atoms. The number of para-hydroxylation sites is 1. The van der Waals surface area contributed by atoms with Gasteiger partial charge in [0.1, 0.15) is 5.75 Å². The lowest BCUT2D eigenvalue weighted by molar-refractivity contribution is -0.131. The van der Waals surface area contributed by atoms with Crippen LogP contribution in [-0.2, 0) is 4.79 Å². The fourth-order valence-corrected chi connectivity index (χ4v) is 1.24. The van der Waals surface area contributed by atoms with E-state index in [1.54, 1.807) is 19.1 Å². The van der Waals surface area contributed by atoms with Crippen molar-refractivity contribution in [2.24, 2.45) is 0 Å². The van der Waals surface area contributed by atoms with Crippen LogP contribution in [0.2, 0.25) is 0 Å². The molecular formula is C10H9ClO3. The molecule has 0 heterocycles. The summed E-state index contributed by atoms with van der Waals surface area (Å²) in [7, 11) is 0. The number of hydrogen-bond acceptors (Lipinski definition) is 3. The van der Waals surface area contributed by atoms with Gasteiger partial charge in [0.15, 0.2) is 0 Å². The maximum atomic E-state index is 11.0. The summed E-state index contributed by atoms with van der Waals surface area (Å²) in [5.41, 5.74) is 0.911. The van der Waals surface area contributed by atoms with E-state index in [1.165, 1.54) is 13.0 Å². The smallest absolute Gasteiger partial charge is 0.308 e. The van der Waals surface area contributed by atoms with E-state index in [9.17, 15) is 9.59 Å². The summed E-state index contributed by atoms with van der Waals surface area (Å²) >= 11 is 5.33. The second-order valence-corrected chi connectivity index (χ2v) is 3.16. The van der Waals surface area contributed by atoms with Crippen molar-refractivity contribution in [1.82, 2.24) is 0 Å². The minimum Gasteiger partial charge on any atom is -0.426 e. The van der Waals surface area contributed by atoms with Crippen LogP contribution < -0.4 is 4.74 Å². The number of carbonyl (C=O) groups excluding carboxylic acids is 2. The Hall–Kier alpha value is -1.35. The number of halogens is 1. The van der Waals surface area contributed by atoms with Crippen LogP contribution in [0.3, 0.4) is 0 Å². The van der Waals surface area contributed by atoms with Crippen molar-refractivity contribution in [3.8, 4) is 5.75 Å². The van der Waals surface area contributed by atoms with E-state index in [1.807, 2.05) is 0 Å². The maximum Gasteiger partial charge on any atom is 0.308 e. The van der Waals surface area contributed by atoms with Crippen molar-refractivity contribution in [2.45, 2.75) is 13.8 Å². The molecule has 0 spiro atoms. The van der Waals surface area contributed by atoms with E-state index in [4.69, 9.17) is 16.3 Å². The molecule has 0 aliphatic carbocycles. The highest BCUT2D eigenvalue weighted by molar-refractivity contribution is 6.68. The first-order valence-electron chi connectivity index (χ1n) is 4.00. The largest absolute Gasteiger partial charge is 0.426 e. The highest BCUT2D eigenvalue weighted by Crippen LogP contribution is 2.24. The lowest BCUT2D eigenvalue weighted by Gasteiger charge is -2.08. The Labute approximate surface area is 86.6 Å². The number of ether oxygens (including phenoxy) is 1. The molecule has 0 atom stereocenters. The Morgan fingerprint density at radius 2 is 2.00 bits per heavy atom. The number of esters is 1. The van der Waals surface area contributed by atoms with Crippen molar-refractivity contribution in [1.29, 1.82) is 0 Å². The Bertz CT molecular complexity index is 385. The molecule has 3 nitrogen and oxygen atoms in total. The fourth-order valence-electron chi connectivity index (χ4n) is 1.09. The summed E-state index contributed by atoms with van der Waals surface area (Å²) < 4.78 is 4.89. The van der Waals surface area contributed by atoms with Gasteiger partial charge < -0.3 is 4.74 Å². The van der Waals surface area contributed by atoms with Crippen LogP contribution in [0.4, 0.5) is 0 Å². The van der Waals surface area contributed by atoms with Gasteiger partial charge in [-0.3, -0.25) is 9.59 Å². The molecule has 0 aromatic heterocycles. The van der Waals surface area contributed by atoms with Crippen LogP contribution in [0.15, 0.2) is 18.2 Å². The molecule has 1 aromatic rings. The fraction of sp³-hybridized carbons (Fsp3) is 0.200. The Kier molecular flexibility index (Phi) is 3.25. The van der Waals surface area contributed by atoms with Gasteiger partial charge in [0.05, 0.1) is 5.56 Å². The average Bonchev–Trinajstić information content (AvgIpc) is 2.07. The van der Waals surface area contributed by atoms with E-state index < -0.39 is 11.2 Å². The summed E-state index contributed by atoms with van der Waals surface area (Å²) in [5, 5.41) is -0.634. The zero-order valence-electron chi connectivity index (χ0n) is 7.83. The van der Waals surface area contributed by atoms with E-state index in [-0.39, 0.29) is 11.3 Å². The van der Waals surface area contributed by atoms with Gasteiger partial charge in [-0.2, -0.15) is 0 Å². The molecule has 0 radical (unpaired) electrons. The molecular weight excluding hydrogens is 204 g/mol. The van der Waals surface area contributed by atoms with Crippen molar-refractivity contribution >= 4 is 22.8 Å². The molecule has 0 saturated heterocycles. The highest BCUT2D eigenvalue weighted by Gasteiger charge is 2.13. The van der Waals surface area contributed by atoms with Gasteiger partial charge in [0.2, 0.25) is 0 Å². The molecule has 4 heteroatoms. The molecule has 0 aliphatic heterocycles. The normalized spacial score (nSPS) is 9.64. The number of benzene rings is 1. The van der Waals surface area contributed by atoms with Crippen LogP contribution in [-0.4, -0.2) is 11.2 Å². The van der Waals surface area contributed by atoms with Gasteiger partial charge in [-0.25, -0.2) is 0 Å². The summed E-state index contributed by atoms with van der Waals surface area (Å²) in [5.74, 6) is -0.238. The first kappa shape index (κ1) is 10.7. The molecule has 0 aliphatic rings. The number of rotatable bonds is 2. The van der Waals surface area contributed by atoms with Crippen LogP contribution in [0.25, 0.3) is 0 Å². The maximum absolute atomic E-state index is 11.0. The van der Waals surface area contributed by atoms with Gasteiger partial charge in [0, 0.05) is 6.92 Å². The molecule has 0 N–H and O–H groups in total. The lowest BCUT2D eigenvalue weighted by atomic mass is 10.1. The Morgan fingerprint density at radius 1 is 1.36 bits per heavy atom. The van der Waals surface area contributed by atoms with Gasteiger partial charge >= 0.3 is 5.97 Å². The van der Waals surface area contributed by atoms with Gasteiger partial charge in [-0.05, 0) is 30.2 Å². The zero-order chi connectivity index (χ0) is 10.7. The third-order valence-electron chi connectivity index (χ3n) is 1.67. The third kappa shape index (κ3) is 2.33. The first-order valence-corrected chi connectivity index (χ1v) is 4.38. The lowest BCUT2D eigenvalue weighted by Crippen LogP contribution is -2.06. The monoisotopic (exact) mass is 212 g/mol. The molecule has 0 saturated carbocycles. The molecule has 1 aromatic carbocycles. The third-order valence-corrected chi connectivity index (χ3v) is 1.87. The summed E-state index contributed by atoms with van der Waals surface area (Å²) in [6.45, 7) is 3.01. The van der Waals surface area contributed by atoms with Crippen molar-refractivity contribution in [2.75, 3.05) is 0 Å². The van der Waals surface area contributed by atoms with Gasteiger partial charge in [-0.1, -0.05) is 12.1 Å². The SMILES string of the molecule is CC(=O)Oc1c(C)cccc1C(=O)Cl. The standard InChI is InChI=1S/C10H9ClO3/c1-6-4-3-5-8(10(11)13)9(6)14-7(2)12/h3-5H,1-2H3. The molecule has 74 valence electrons. The Balaban J connectivity index is 3.22. The summed E-state index contributed by atoms with van der Waals surface area (Å²) in [4.78, 5) is 21.7. The molecule has 14 heavy (non-hydrogen) atoms. The second-order valence-electron chi connectivity index (χ2n) is 2.82. The first-order chi connectivity index (χ1) is 6.52. The summed E-state index contributed by atoms with van der Waals surface area (Å²) in [6, 6.07) is 4.93. The number of carbonyl (C=O) groups is 2. The van der Waals surface area contributed by atoms with Crippen LogP contribution in [0.5, 0.6) is 5.75 Å². The molecule has 0 amide bonds. The quantitative estimate of drug-likeness (QED) is 0.429. The summed E-state index contributed by atoms with van der Waals surface area (Å²) in [6.07, 6.45) is 0. The Morgan fingerprint density at radius 3 is 2.50 bits per heavy atom. The highest BCUT2D eigenvalue weighted by atomic mass is 35.5. The molecule has 0 fully saturated rings. The van der Waals surface area contributed by atoms with E-state index in [0.717, 1.165) is 0 Å².